The van der Waals surface area contributed by atoms with Gasteiger partial charge < -0.3 is 9.88 Å². The van der Waals surface area contributed by atoms with Gasteiger partial charge >= 0.3 is 6.18 Å². The number of benzene rings is 1. The van der Waals surface area contributed by atoms with Crippen molar-refractivity contribution in [2.45, 2.75) is 31.0 Å². The van der Waals surface area contributed by atoms with Crippen molar-refractivity contribution in [1.29, 1.82) is 0 Å². The van der Waals surface area contributed by atoms with E-state index in [1.54, 1.807) is 13.0 Å². The lowest BCUT2D eigenvalue weighted by molar-refractivity contribution is -0.164. The quantitative estimate of drug-likeness (QED) is 0.694. The largest absolute Gasteiger partial charge is 0.404 e. The maximum atomic E-state index is 14.0. The van der Waals surface area contributed by atoms with Crippen LogP contribution in [0.2, 0.25) is 5.02 Å². The molecule has 1 aromatic heterocycles. The minimum absolute atomic E-state index is 0.122. The molecule has 0 radical (unpaired) electrons. The zero-order valence-electron chi connectivity index (χ0n) is 15.8. The first-order chi connectivity index (χ1) is 13.2. The van der Waals surface area contributed by atoms with Gasteiger partial charge in [0, 0.05) is 20.3 Å². The van der Waals surface area contributed by atoms with Crippen LogP contribution < -0.4 is 5.32 Å². The standard InChI is InChI=1S/C17H18ClF4N3O3S/c1-9-6-5-7-11(19)14(9)23-16(26)15-13(18)12(8-24(15)3)29(27,28)25(4)10(2)17(20,21)22/h5-8,10H,1-4H3,(H,23,26)/t10-/m1/s1. The predicted octanol–water partition coefficient (Wildman–Crippen LogP) is 3.95. The van der Waals surface area contributed by atoms with Gasteiger partial charge in [-0.3, -0.25) is 4.79 Å². The van der Waals surface area contributed by atoms with Gasteiger partial charge in [0.05, 0.1) is 10.7 Å². The normalized spacial score (nSPS) is 13.6. The summed E-state index contributed by atoms with van der Waals surface area (Å²) in [6.07, 6.45) is -3.87. The molecule has 160 valence electrons. The Morgan fingerprint density at radius 1 is 1.31 bits per heavy atom. The Morgan fingerprint density at radius 3 is 2.41 bits per heavy atom. The third-order valence-electron chi connectivity index (χ3n) is 4.44. The van der Waals surface area contributed by atoms with Crippen molar-refractivity contribution in [2.24, 2.45) is 7.05 Å². The number of hydrogen-bond acceptors (Lipinski definition) is 3. The summed E-state index contributed by atoms with van der Waals surface area (Å²) in [6, 6.07) is 1.80. The molecule has 0 aliphatic carbocycles. The minimum Gasteiger partial charge on any atom is -0.344 e. The van der Waals surface area contributed by atoms with Crippen molar-refractivity contribution < 1.29 is 30.8 Å². The number of para-hydroxylation sites is 1. The number of carbonyl (C=O) groups excluding carboxylic acids is 1. The summed E-state index contributed by atoms with van der Waals surface area (Å²) in [7, 11) is -2.61. The molecule has 0 saturated heterocycles. The fourth-order valence-corrected chi connectivity index (χ4v) is 4.56. The first-order valence-electron chi connectivity index (χ1n) is 8.15. The van der Waals surface area contributed by atoms with Gasteiger partial charge in [0.2, 0.25) is 10.0 Å². The van der Waals surface area contributed by atoms with E-state index >= 15 is 0 Å². The highest BCUT2D eigenvalue weighted by Crippen LogP contribution is 2.33. The zero-order valence-corrected chi connectivity index (χ0v) is 17.4. The van der Waals surface area contributed by atoms with Crippen molar-refractivity contribution in [1.82, 2.24) is 8.87 Å². The molecule has 1 amide bonds. The third-order valence-corrected chi connectivity index (χ3v) is 6.87. The average Bonchev–Trinajstić information content (AvgIpc) is 2.91. The van der Waals surface area contributed by atoms with Crippen molar-refractivity contribution >= 4 is 33.2 Å². The number of nitrogens with zero attached hydrogens (tertiary/aromatic N) is 2. The van der Waals surface area contributed by atoms with Gasteiger partial charge in [0.1, 0.15) is 22.4 Å². The zero-order chi connectivity index (χ0) is 22.3. The molecule has 1 atom stereocenters. The Hall–Kier alpha value is -2.11. The van der Waals surface area contributed by atoms with Crippen LogP contribution in [-0.2, 0) is 17.1 Å². The number of sulfonamides is 1. The number of amides is 1. The molecule has 0 fully saturated rings. The lowest BCUT2D eigenvalue weighted by Gasteiger charge is -2.25. The Labute approximate surface area is 170 Å². The Balaban J connectivity index is 2.46. The lowest BCUT2D eigenvalue weighted by atomic mass is 10.2. The smallest absolute Gasteiger partial charge is 0.344 e. The molecule has 1 N–H and O–H groups in total. The van der Waals surface area contributed by atoms with E-state index in [0.29, 0.717) is 12.5 Å². The highest BCUT2D eigenvalue weighted by atomic mass is 35.5. The number of carbonyl (C=O) groups is 1. The first kappa shape index (κ1) is 23.2. The van der Waals surface area contributed by atoms with Crippen LogP contribution in [0.1, 0.15) is 23.0 Å². The molecule has 0 saturated carbocycles. The van der Waals surface area contributed by atoms with Crippen molar-refractivity contribution in [3.63, 3.8) is 0 Å². The van der Waals surface area contributed by atoms with Crippen molar-refractivity contribution in [3.8, 4) is 0 Å². The van der Waals surface area contributed by atoms with E-state index in [-0.39, 0.29) is 15.7 Å². The summed E-state index contributed by atoms with van der Waals surface area (Å²) in [6.45, 7) is 2.23. The maximum absolute atomic E-state index is 14.0. The summed E-state index contributed by atoms with van der Waals surface area (Å²) < 4.78 is 79.2. The average molecular weight is 456 g/mol. The van der Waals surface area contributed by atoms with E-state index in [1.807, 2.05) is 0 Å². The summed E-state index contributed by atoms with van der Waals surface area (Å²) >= 11 is 6.06. The van der Waals surface area contributed by atoms with Crippen molar-refractivity contribution in [3.05, 3.63) is 46.5 Å². The second-order valence-electron chi connectivity index (χ2n) is 6.39. The number of alkyl halides is 3. The van der Waals surface area contributed by atoms with Gasteiger partial charge in [-0.2, -0.15) is 17.5 Å². The predicted molar refractivity (Wildman–Crippen MR) is 100.0 cm³/mol. The number of anilines is 1. The SMILES string of the molecule is Cc1cccc(F)c1NC(=O)c1c(Cl)c(S(=O)(=O)N(C)[C@H](C)C(F)(F)F)cn1C. The molecule has 2 rings (SSSR count). The van der Waals surface area contributed by atoms with E-state index in [9.17, 15) is 30.8 Å². The first-order valence-corrected chi connectivity index (χ1v) is 9.97. The van der Waals surface area contributed by atoms with Crippen molar-refractivity contribution in [2.75, 3.05) is 12.4 Å². The van der Waals surface area contributed by atoms with Crippen LogP contribution in [-0.4, -0.2) is 42.5 Å². The number of hydrogen-bond donors (Lipinski definition) is 1. The molecule has 0 unspecified atom stereocenters. The monoisotopic (exact) mass is 455 g/mol. The van der Waals surface area contributed by atoms with Crippen LogP contribution in [0.5, 0.6) is 0 Å². The number of aryl methyl sites for hydroxylation is 2. The molecule has 12 heteroatoms. The highest BCUT2D eigenvalue weighted by Gasteiger charge is 2.44. The summed E-state index contributed by atoms with van der Waals surface area (Å²) in [5, 5.41) is 1.74. The molecule has 2 aromatic rings. The molecule has 0 spiro atoms. The summed E-state index contributed by atoms with van der Waals surface area (Å²) in [5.74, 6) is -1.63. The number of rotatable bonds is 5. The van der Waals surface area contributed by atoms with Gasteiger partial charge in [-0.1, -0.05) is 23.7 Å². The van der Waals surface area contributed by atoms with Gasteiger partial charge in [0.25, 0.3) is 5.91 Å². The number of nitrogens with one attached hydrogen (secondary N) is 1. The Kier molecular flexibility index (Phi) is 6.36. The van der Waals surface area contributed by atoms with Gasteiger partial charge in [-0.25, -0.2) is 12.8 Å². The highest BCUT2D eigenvalue weighted by molar-refractivity contribution is 7.89. The molecule has 0 aliphatic rings. The molecule has 1 heterocycles. The van der Waals surface area contributed by atoms with E-state index in [4.69, 9.17) is 11.6 Å². The van der Waals surface area contributed by atoms with E-state index < -0.39 is 43.9 Å². The Morgan fingerprint density at radius 2 is 1.90 bits per heavy atom. The van der Waals surface area contributed by atoms with Gasteiger partial charge in [0.15, 0.2) is 0 Å². The number of halogens is 5. The topological polar surface area (TPSA) is 71.4 Å². The maximum Gasteiger partial charge on any atom is 0.404 e. The van der Waals surface area contributed by atoms with E-state index in [1.165, 1.54) is 13.1 Å². The van der Waals surface area contributed by atoms with Gasteiger partial charge in [-0.15, -0.1) is 0 Å². The molecule has 0 bridgehead atoms. The van der Waals surface area contributed by atoms with Crippen LogP contribution in [0.4, 0.5) is 23.2 Å². The fraction of sp³-hybridized carbons (Fsp3) is 0.353. The van der Waals surface area contributed by atoms with Gasteiger partial charge in [-0.05, 0) is 25.5 Å². The molecular formula is C17H18ClF4N3O3S. The minimum atomic E-state index is -4.80. The van der Waals surface area contributed by atoms with Crippen LogP contribution in [0, 0.1) is 12.7 Å². The molecule has 0 aliphatic heterocycles. The lowest BCUT2D eigenvalue weighted by Crippen LogP contribution is -2.44. The van der Waals surface area contributed by atoms with Crippen LogP contribution in [0.25, 0.3) is 0 Å². The molecule has 29 heavy (non-hydrogen) atoms. The second kappa shape index (κ2) is 7.96. The molecular weight excluding hydrogens is 438 g/mol. The Bertz CT molecular complexity index is 1030. The van der Waals surface area contributed by atoms with Crippen LogP contribution >= 0.6 is 11.6 Å². The van der Waals surface area contributed by atoms with Crippen LogP contribution in [0.3, 0.4) is 0 Å². The molecule has 6 nitrogen and oxygen atoms in total. The number of aromatic nitrogens is 1. The summed E-state index contributed by atoms with van der Waals surface area (Å²) in [4.78, 5) is 11.9. The third kappa shape index (κ3) is 4.41. The molecule has 1 aromatic carbocycles. The van der Waals surface area contributed by atoms with E-state index in [2.05, 4.69) is 5.32 Å². The van der Waals surface area contributed by atoms with Crippen LogP contribution in [0.15, 0.2) is 29.3 Å². The summed E-state index contributed by atoms with van der Waals surface area (Å²) in [5.41, 5.74) is -0.0572. The van der Waals surface area contributed by atoms with E-state index in [0.717, 1.165) is 23.9 Å². The fourth-order valence-electron chi connectivity index (χ4n) is 2.54. The second-order valence-corrected chi connectivity index (χ2v) is 8.74.